The highest BCUT2D eigenvalue weighted by Gasteiger charge is 2.18. The van der Waals surface area contributed by atoms with Crippen LogP contribution in [0.4, 0.5) is 4.79 Å². The summed E-state index contributed by atoms with van der Waals surface area (Å²) in [6.07, 6.45) is -0.281. The number of benzene rings is 1. The molecule has 140 valence electrons. The van der Waals surface area contributed by atoms with Crippen LogP contribution in [0.3, 0.4) is 0 Å². The molecular formula is C19H30N2O4. The predicted octanol–water partition coefficient (Wildman–Crippen LogP) is 2.87. The van der Waals surface area contributed by atoms with E-state index in [2.05, 4.69) is 24.5 Å². The van der Waals surface area contributed by atoms with Gasteiger partial charge in [-0.15, -0.1) is 0 Å². The fourth-order valence-electron chi connectivity index (χ4n) is 2.34. The molecule has 0 aliphatic heterocycles. The van der Waals surface area contributed by atoms with E-state index in [1.165, 1.54) is 0 Å². The molecule has 1 aromatic rings. The molecule has 0 bridgehead atoms. The van der Waals surface area contributed by atoms with Crippen LogP contribution in [-0.4, -0.2) is 37.3 Å². The summed E-state index contributed by atoms with van der Waals surface area (Å²) in [5, 5.41) is 5.62. The quantitative estimate of drug-likeness (QED) is 0.680. The Bertz CT molecular complexity index is 519. The summed E-state index contributed by atoms with van der Waals surface area (Å²) in [6, 6.07) is 9.52. The van der Waals surface area contributed by atoms with Gasteiger partial charge in [0.15, 0.2) is 0 Å². The average Bonchev–Trinajstić information content (AvgIpc) is 2.57. The fraction of sp³-hybridized carbons (Fsp3) is 0.579. The summed E-state index contributed by atoms with van der Waals surface area (Å²) in [6.45, 7) is 8.64. The Morgan fingerprint density at radius 3 is 2.40 bits per heavy atom. The molecule has 25 heavy (non-hydrogen) atoms. The molecule has 2 atom stereocenters. The second kappa shape index (κ2) is 11.5. The van der Waals surface area contributed by atoms with Gasteiger partial charge in [0.1, 0.15) is 6.10 Å². The fourth-order valence-corrected chi connectivity index (χ4v) is 2.34. The van der Waals surface area contributed by atoms with Gasteiger partial charge in [0.05, 0.1) is 13.2 Å². The van der Waals surface area contributed by atoms with E-state index in [4.69, 9.17) is 9.47 Å². The number of hydrogen-bond acceptors (Lipinski definition) is 4. The summed E-state index contributed by atoms with van der Waals surface area (Å²) in [5.41, 5.74) is 1.02. The van der Waals surface area contributed by atoms with Gasteiger partial charge in [0, 0.05) is 12.6 Å². The van der Waals surface area contributed by atoms with Crippen molar-refractivity contribution in [3.8, 4) is 0 Å². The first-order valence-electron chi connectivity index (χ1n) is 8.78. The van der Waals surface area contributed by atoms with Crippen molar-refractivity contribution in [1.82, 2.24) is 10.6 Å². The first-order chi connectivity index (χ1) is 11.9. The molecule has 0 saturated carbocycles. The lowest BCUT2D eigenvalue weighted by atomic mass is 10.0. The molecule has 0 aromatic heterocycles. The van der Waals surface area contributed by atoms with Crippen LogP contribution >= 0.6 is 0 Å². The Morgan fingerprint density at radius 1 is 1.12 bits per heavy atom. The molecule has 2 N–H and O–H groups in total. The predicted molar refractivity (Wildman–Crippen MR) is 97.1 cm³/mol. The monoisotopic (exact) mass is 350 g/mol. The third-order valence-electron chi connectivity index (χ3n) is 3.59. The van der Waals surface area contributed by atoms with Crippen LogP contribution in [-0.2, 0) is 20.9 Å². The van der Waals surface area contributed by atoms with Crippen molar-refractivity contribution in [2.75, 3.05) is 13.2 Å². The summed E-state index contributed by atoms with van der Waals surface area (Å²) in [7, 11) is 0. The summed E-state index contributed by atoms with van der Waals surface area (Å²) >= 11 is 0. The van der Waals surface area contributed by atoms with Gasteiger partial charge in [-0.1, -0.05) is 44.2 Å². The molecule has 0 radical (unpaired) electrons. The van der Waals surface area contributed by atoms with Crippen molar-refractivity contribution in [2.45, 2.75) is 52.9 Å². The average molecular weight is 350 g/mol. The van der Waals surface area contributed by atoms with E-state index in [0.717, 1.165) is 12.0 Å². The lowest BCUT2D eigenvalue weighted by Crippen LogP contribution is -2.46. The molecule has 0 aliphatic carbocycles. The van der Waals surface area contributed by atoms with E-state index in [1.54, 1.807) is 13.8 Å². The van der Waals surface area contributed by atoms with E-state index < -0.39 is 12.2 Å². The number of carbonyl (C=O) groups is 2. The SMILES string of the molecule is CCOC(=O)N[C@@H](CNC(=O)[C@@H](C)OCc1ccccc1)CC(C)C. The zero-order valence-electron chi connectivity index (χ0n) is 15.6. The van der Waals surface area contributed by atoms with E-state index in [-0.39, 0.29) is 11.9 Å². The maximum absolute atomic E-state index is 12.2. The highest BCUT2D eigenvalue weighted by Crippen LogP contribution is 2.06. The minimum Gasteiger partial charge on any atom is -0.450 e. The van der Waals surface area contributed by atoms with Crippen molar-refractivity contribution >= 4 is 12.0 Å². The standard InChI is InChI=1S/C19H30N2O4/c1-5-24-19(23)21-17(11-14(2)3)12-20-18(22)15(4)25-13-16-9-7-6-8-10-16/h6-10,14-15,17H,5,11-13H2,1-4H3,(H,20,22)(H,21,23)/t15-,17-/m1/s1. The number of alkyl carbamates (subject to hydrolysis) is 1. The number of carbonyl (C=O) groups excluding carboxylic acids is 2. The first kappa shape index (κ1) is 21.0. The normalized spacial score (nSPS) is 13.2. The van der Waals surface area contributed by atoms with Gasteiger partial charge in [-0.25, -0.2) is 4.79 Å². The third-order valence-corrected chi connectivity index (χ3v) is 3.59. The zero-order valence-corrected chi connectivity index (χ0v) is 15.6. The topological polar surface area (TPSA) is 76.7 Å². The van der Waals surface area contributed by atoms with Gasteiger partial charge in [-0.2, -0.15) is 0 Å². The molecule has 6 heteroatoms. The highest BCUT2D eigenvalue weighted by molar-refractivity contribution is 5.80. The molecule has 0 saturated heterocycles. The van der Waals surface area contributed by atoms with Crippen molar-refractivity contribution in [1.29, 1.82) is 0 Å². The summed E-state index contributed by atoms with van der Waals surface area (Å²) in [5.74, 6) is 0.186. The lowest BCUT2D eigenvalue weighted by molar-refractivity contribution is -0.132. The minimum atomic E-state index is -0.567. The number of hydrogen-bond donors (Lipinski definition) is 2. The van der Waals surface area contributed by atoms with Gasteiger partial charge < -0.3 is 20.1 Å². The van der Waals surface area contributed by atoms with Gasteiger partial charge >= 0.3 is 6.09 Å². The van der Waals surface area contributed by atoms with Crippen LogP contribution in [0.25, 0.3) is 0 Å². The maximum atomic E-state index is 12.2. The van der Waals surface area contributed by atoms with Gasteiger partial charge in [-0.3, -0.25) is 4.79 Å². The largest absolute Gasteiger partial charge is 0.450 e. The molecule has 1 aromatic carbocycles. The number of rotatable bonds is 10. The number of amides is 2. The maximum Gasteiger partial charge on any atom is 0.407 e. The first-order valence-corrected chi connectivity index (χ1v) is 8.78. The molecular weight excluding hydrogens is 320 g/mol. The lowest BCUT2D eigenvalue weighted by Gasteiger charge is -2.22. The Morgan fingerprint density at radius 2 is 1.80 bits per heavy atom. The van der Waals surface area contributed by atoms with E-state index in [0.29, 0.717) is 25.7 Å². The van der Waals surface area contributed by atoms with Gasteiger partial charge in [0.2, 0.25) is 5.91 Å². The smallest absolute Gasteiger partial charge is 0.407 e. The summed E-state index contributed by atoms with van der Waals surface area (Å²) in [4.78, 5) is 23.8. The van der Waals surface area contributed by atoms with Crippen LogP contribution < -0.4 is 10.6 Å². The molecule has 0 fully saturated rings. The highest BCUT2D eigenvalue weighted by atomic mass is 16.5. The molecule has 0 heterocycles. The minimum absolute atomic E-state index is 0.177. The zero-order chi connectivity index (χ0) is 18.7. The Labute approximate surface area is 150 Å². The molecule has 1 rings (SSSR count). The molecule has 2 amide bonds. The second-order valence-electron chi connectivity index (χ2n) is 6.38. The van der Waals surface area contributed by atoms with E-state index in [1.807, 2.05) is 30.3 Å². The van der Waals surface area contributed by atoms with Gasteiger partial charge in [0.25, 0.3) is 0 Å². The van der Waals surface area contributed by atoms with Gasteiger partial charge in [-0.05, 0) is 31.7 Å². The number of nitrogens with one attached hydrogen (secondary N) is 2. The molecule has 0 unspecified atom stereocenters. The Balaban J connectivity index is 2.42. The van der Waals surface area contributed by atoms with E-state index >= 15 is 0 Å². The van der Waals surface area contributed by atoms with Crippen LogP contribution in [0.1, 0.15) is 39.7 Å². The summed E-state index contributed by atoms with van der Waals surface area (Å²) < 4.78 is 10.5. The second-order valence-corrected chi connectivity index (χ2v) is 6.38. The van der Waals surface area contributed by atoms with E-state index in [9.17, 15) is 9.59 Å². The van der Waals surface area contributed by atoms with Crippen LogP contribution in [0, 0.1) is 5.92 Å². The third kappa shape index (κ3) is 9.10. The molecule has 0 spiro atoms. The Kier molecular flexibility index (Phi) is 9.62. The molecule has 0 aliphatic rings. The van der Waals surface area contributed by atoms with Crippen molar-refractivity contribution in [3.63, 3.8) is 0 Å². The molecule has 6 nitrogen and oxygen atoms in total. The van der Waals surface area contributed by atoms with Crippen molar-refractivity contribution in [3.05, 3.63) is 35.9 Å². The van der Waals surface area contributed by atoms with Crippen molar-refractivity contribution < 1.29 is 19.1 Å². The van der Waals surface area contributed by atoms with Crippen LogP contribution in [0.15, 0.2) is 30.3 Å². The Hall–Kier alpha value is -2.08. The van der Waals surface area contributed by atoms with Crippen molar-refractivity contribution in [2.24, 2.45) is 5.92 Å². The van der Waals surface area contributed by atoms with Crippen LogP contribution in [0.2, 0.25) is 0 Å². The number of ether oxygens (including phenoxy) is 2. The van der Waals surface area contributed by atoms with Crippen LogP contribution in [0.5, 0.6) is 0 Å².